The smallest absolute Gasteiger partial charge is 0.239 e. The zero-order valence-corrected chi connectivity index (χ0v) is 14.4. The fourth-order valence-corrected chi connectivity index (χ4v) is 2.24. The van der Waals surface area contributed by atoms with Crippen LogP contribution >= 0.6 is 0 Å². The summed E-state index contributed by atoms with van der Waals surface area (Å²) in [5.41, 5.74) is 1.11. The maximum atomic E-state index is 11.9. The minimum atomic E-state index is -0.0916. The number of benzene rings is 1. The Morgan fingerprint density at radius 3 is 2.43 bits per heavy atom. The van der Waals surface area contributed by atoms with Gasteiger partial charge in [0.1, 0.15) is 5.75 Å². The third-order valence-electron chi connectivity index (χ3n) is 3.71. The molecule has 1 aromatic carbocycles. The Morgan fingerprint density at radius 2 is 1.87 bits per heavy atom. The summed E-state index contributed by atoms with van der Waals surface area (Å²) in [4.78, 5) is 25.2. The summed E-state index contributed by atoms with van der Waals surface area (Å²) >= 11 is 0. The number of amides is 2. The normalized spacial score (nSPS) is 10.2. The van der Waals surface area contributed by atoms with E-state index >= 15 is 0 Å². The maximum absolute atomic E-state index is 11.9. The molecule has 0 saturated carbocycles. The van der Waals surface area contributed by atoms with Crippen LogP contribution in [0.2, 0.25) is 0 Å². The molecule has 0 fully saturated rings. The van der Waals surface area contributed by atoms with Crippen molar-refractivity contribution >= 4 is 11.8 Å². The molecule has 0 heterocycles. The first-order chi connectivity index (χ1) is 11.1. The molecule has 0 aliphatic rings. The van der Waals surface area contributed by atoms with Gasteiger partial charge in [0.25, 0.3) is 0 Å². The Kier molecular flexibility index (Phi) is 8.80. The lowest BCUT2D eigenvalue weighted by molar-refractivity contribution is -0.134. The second-order valence-electron chi connectivity index (χ2n) is 5.60. The molecule has 0 saturated heterocycles. The molecule has 0 aromatic heterocycles. The molecule has 0 aliphatic heterocycles. The van der Waals surface area contributed by atoms with Crippen LogP contribution in [0.15, 0.2) is 24.3 Å². The second kappa shape index (κ2) is 10.6. The first kappa shape index (κ1) is 19.0. The lowest BCUT2D eigenvalue weighted by atomic mass is 10.1. The van der Waals surface area contributed by atoms with Crippen molar-refractivity contribution in [3.8, 4) is 5.75 Å². The van der Waals surface area contributed by atoms with Gasteiger partial charge in [-0.15, -0.1) is 0 Å². The minimum Gasteiger partial charge on any atom is -0.497 e. The van der Waals surface area contributed by atoms with Crippen molar-refractivity contribution in [2.24, 2.45) is 0 Å². The standard InChI is InChI=1S/C18H28N2O3/c1-4-5-6-12-19-18(22)14-20(15(2)21)13-11-16-7-9-17(23-3)10-8-16/h7-10H,4-6,11-14H2,1-3H3,(H,19,22). The van der Waals surface area contributed by atoms with E-state index in [0.29, 0.717) is 19.5 Å². The lowest BCUT2D eigenvalue weighted by Crippen LogP contribution is -2.41. The Bertz CT molecular complexity index is 486. The van der Waals surface area contributed by atoms with Crippen molar-refractivity contribution in [1.82, 2.24) is 10.2 Å². The topological polar surface area (TPSA) is 58.6 Å². The SMILES string of the molecule is CCCCCNC(=O)CN(CCc1ccc(OC)cc1)C(C)=O. The van der Waals surface area contributed by atoms with Crippen molar-refractivity contribution in [2.45, 2.75) is 39.5 Å². The van der Waals surface area contributed by atoms with Gasteiger partial charge in [0.15, 0.2) is 0 Å². The molecule has 0 radical (unpaired) electrons. The molecule has 5 nitrogen and oxygen atoms in total. The van der Waals surface area contributed by atoms with Crippen LogP contribution in [0.5, 0.6) is 5.75 Å². The van der Waals surface area contributed by atoms with Gasteiger partial charge in [-0.3, -0.25) is 9.59 Å². The van der Waals surface area contributed by atoms with Crippen LogP contribution in [0.1, 0.15) is 38.7 Å². The van der Waals surface area contributed by atoms with Gasteiger partial charge in [-0.1, -0.05) is 31.9 Å². The summed E-state index contributed by atoms with van der Waals surface area (Å²) in [5.74, 6) is 0.636. The summed E-state index contributed by atoms with van der Waals surface area (Å²) in [6, 6.07) is 7.74. The van der Waals surface area contributed by atoms with Crippen LogP contribution in [0.25, 0.3) is 0 Å². The molecule has 1 rings (SSSR count). The highest BCUT2D eigenvalue weighted by atomic mass is 16.5. The summed E-state index contributed by atoms with van der Waals surface area (Å²) in [6.45, 7) is 4.95. The Hall–Kier alpha value is -2.04. The fraction of sp³-hybridized carbons (Fsp3) is 0.556. The van der Waals surface area contributed by atoms with Crippen LogP contribution in [0, 0.1) is 0 Å². The van der Waals surface area contributed by atoms with E-state index in [1.165, 1.54) is 6.92 Å². The van der Waals surface area contributed by atoms with Crippen LogP contribution in [-0.4, -0.2) is 43.5 Å². The third kappa shape index (κ3) is 7.68. The number of hydrogen-bond acceptors (Lipinski definition) is 3. The monoisotopic (exact) mass is 320 g/mol. The average molecular weight is 320 g/mol. The van der Waals surface area contributed by atoms with Gasteiger partial charge in [0.05, 0.1) is 13.7 Å². The molecule has 128 valence electrons. The second-order valence-corrected chi connectivity index (χ2v) is 5.60. The number of carbonyl (C=O) groups excluding carboxylic acids is 2. The summed E-state index contributed by atoms with van der Waals surface area (Å²) in [5, 5.41) is 2.87. The van der Waals surface area contributed by atoms with E-state index in [4.69, 9.17) is 4.74 Å². The van der Waals surface area contributed by atoms with Crippen LogP contribution in [0.4, 0.5) is 0 Å². The number of ether oxygens (including phenoxy) is 1. The number of hydrogen-bond donors (Lipinski definition) is 1. The molecular weight excluding hydrogens is 292 g/mol. The van der Waals surface area contributed by atoms with Gasteiger partial charge in [-0.25, -0.2) is 0 Å². The largest absolute Gasteiger partial charge is 0.497 e. The van der Waals surface area contributed by atoms with Crippen molar-refractivity contribution < 1.29 is 14.3 Å². The molecule has 23 heavy (non-hydrogen) atoms. The summed E-state index contributed by atoms with van der Waals surface area (Å²) in [6.07, 6.45) is 3.92. The number of carbonyl (C=O) groups is 2. The molecule has 2 amide bonds. The van der Waals surface area contributed by atoms with E-state index in [-0.39, 0.29) is 18.4 Å². The molecule has 0 spiro atoms. The van der Waals surface area contributed by atoms with Crippen LogP contribution in [-0.2, 0) is 16.0 Å². The highest BCUT2D eigenvalue weighted by Gasteiger charge is 2.13. The fourth-order valence-electron chi connectivity index (χ4n) is 2.24. The van der Waals surface area contributed by atoms with E-state index in [1.54, 1.807) is 12.0 Å². The Morgan fingerprint density at radius 1 is 1.17 bits per heavy atom. The van der Waals surface area contributed by atoms with Crippen molar-refractivity contribution in [3.63, 3.8) is 0 Å². The van der Waals surface area contributed by atoms with Crippen LogP contribution < -0.4 is 10.1 Å². The summed E-state index contributed by atoms with van der Waals surface area (Å²) < 4.78 is 5.12. The molecule has 1 aromatic rings. The average Bonchev–Trinajstić information content (AvgIpc) is 2.55. The van der Waals surface area contributed by atoms with E-state index in [9.17, 15) is 9.59 Å². The van der Waals surface area contributed by atoms with Gasteiger partial charge < -0.3 is 15.0 Å². The number of nitrogens with zero attached hydrogens (tertiary/aromatic N) is 1. The van der Waals surface area contributed by atoms with Gasteiger partial charge in [0, 0.05) is 20.0 Å². The first-order valence-corrected chi connectivity index (χ1v) is 8.22. The maximum Gasteiger partial charge on any atom is 0.239 e. The van der Waals surface area contributed by atoms with Crippen molar-refractivity contribution in [1.29, 1.82) is 0 Å². The number of rotatable bonds is 10. The molecule has 0 bridgehead atoms. The number of unbranched alkanes of at least 4 members (excludes halogenated alkanes) is 2. The van der Waals surface area contributed by atoms with Gasteiger partial charge in [-0.2, -0.15) is 0 Å². The first-order valence-electron chi connectivity index (χ1n) is 8.22. The molecule has 0 atom stereocenters. The van der Waals surface area contributed by atoms with Gasteiger partial charge in [-0.05, 0) is 30.5 Å². The zero-order chi connectivity index (χ0) is 17.1. The number of nitrogens with one attached hydrogen (secondary N) is 1. The quantitative estimate of drug-likeness (QED) is 0.674. The van der Waals surface area contributed by atoms with E-state index in [1.807, 2.05) is 24.3 Å². The molecular formula is C18H28N2O3. The Balaban J connectivity index is 2.41. The van der Waals surface area contributed by atoms with E-state index < -0.39 is 0 Å². The van der Waals surface area contributed by atoms with Crippen molar-refractivity contribution in [2.75, 3.05) is 26.7 Å². The van der Waals surface area contributed by atoms with E-state index in [2.05, 4.69) is 12.2 Å². The highest BCUT2D eigenvalue weighted by molar-refractivity contribution is 5.83. The predicted molar refractivity (Wildman–Crippen MR) is 91.5 cm³/mol. The lowest BCUT2D eigenvalue weighted by Gasteiger charge is -2.20. The predicted octanol–water partition coefficient (Wildman–Crippen LogP) is 2.39. The van der Waals surface area contributed by atoms with E-state index in [0.717, 1.165) is 30.6 Å². The van der Waals surface area contributed by atoms with Crippen LogP contribution in [0.3, 0.4) is 0 Å². The molecule has 0 aliphatic carbocycles. The third-order valence-corrected chi connectivity index (χ3v) is 3.71. The molecule has 0 unspecified atom stereocenters. The molecule has 1 N–H and O–H groups in total. The van der Waals surface area contributed by atoms with Crippen molar-refractivity contribution in [3.05, 3.63) is 29.8 Å². The zero-order valence-electron chi connectivity index (χ0n) is 14.4. The molecule has 5 heteroatoms. The van der Waals surface area contributed by atoms with Gasteiger partial charge in [0.2, 0.25) is 11.8 Å². The van der Waals surface area contributed by atoms with Gasteiger partial charge >= 0.3 is 0 Å². The minimum absolute atomic E-state index is 0.0813. The Labute approximate surface area is 139 Å². The number of methoxy groups -OCH3 is 1. The summed E-state index contributed by atoms with van der Waals surface area (Å²) in [7, 11) is 1.63. The highest BCUT2D eigenvalue weighted by Crippen LogP contribution is 2.12.